The Hall–Kier alpha value is -3.96. The smallest absolute Gasteiger partial charge is 0.129 e. The third-order valence-electron chi connectivity index (χ3n) is 6.45. The molecule has 5 rings (SSSR count). The summed E-state index contributed by atoms with van der Waals surface area (Å²) in [4.78, 5) is 11.7. The van der Waals surface area contributed by atoms with Gasteiger partial charge in [-0.3, -0.25) is 4.68 Å². The first-order valence-electron chi connectivity index (χ1n) is 12.2. The van der Waals surface area contributed by atoms with Crippen molar-refractivity contribution in [3.8, 4) is 17.3 Å². The number of hydrogen-bond donors (Lipinski definition) is 2. The summed E-state index contributed by atoms with van der Waals surface area (Å²) in [5, 5.41) is 21.2. The van der Waals surface area contributed by atoms with Gasteiger partial charge < -0.3 is 15.5 Å². The number of allylic oxidation sites excluding steroid dienone is 2. The summed E-state index contributed by atoms with van der Waals surface area (Å²) in [5.41, 5.74) is 6.88. The summed E-state index contributed by atoms with van der Waals surface area (Å²) < 4.78 is 1.95. The lowest BCUT2D eigenvalue weighted by atomic mass is 10.0. The van der Waals surface area contributed by atoms with Crippen LogP contribution in [0.4, 0.5) is 5.69 Å². The molecule has 1 aromatic carbocycles. The van der Waals surface area contributed by atoms with Crippen molar-refractivity contribution in [2.45, 2.75) is 26.3 Å². The third-order valence-corrected chi connectivity index (χ3v) is 6.45. The molecule has 3 aromatic rings. The number of dihydropyridines is 1. The van der Waals surface area contributed by atoms with Crippen LogP contribution in [0.1, 0.15) is 29.6 Å². The zero-order valence-corrected chi connectivity index (χ0v) is 20.0. The van der Waals surface area contributed by atoms with E-state index in [1.807, 2.05) is 35.3 Å². The van der Waals surface area contributed by atoms with E-state index in [9.17, 15) is 5.26 Å². The zero-order valence-electron chi connectivity index (χ0n) is 20.0. The molecule has 0 radical (unpaired) electrons. The maximum Gasteiger partial charge on any atom is 0.129 e. The molecule has 0 unspecified atom stereocenters. The molecule has 1 fully saturated rings. The Morgan fingerprint density at radius 3 is 2.80 bits per heavy atom. The van der Waals surface area contributed by atoms with E-state index in [4.69, 9.17) is 10.1 Å². The number of aromatic nitrogens is 4. The first-order valence-corrected chi connectivity index (χ1v) is 12.2. The molecular weight excluding hydrogens is 436 g/mol. The van der Waals surface area contributed by atoms with E-state index in [1.165, 1.54) is 0 Å². The van der Waals surface area contributed by atoms with Gasteiger partial charge in [-0.15, -0.1) is 0 Å². The largest absolute Gasteiger partial charge is 0.387 e. The van der Waals surface area contributed by atoms with Crippen LogP contribution in [0.15, 0.2) is 55.0 Å². The van der Waals surface area contributed by atoms with E-state index in [1.54, 1.807) is 0 Å². The van der Waals surface area contributed by atoms with Crippen LogP contribution in [0.5, 0.6) is 0 Å². The van der Waals surface area contributed by atoms with Crippen LogP contribution < -0.4 is 15.5 Å². The molecule has 0 saturated carbocycles. The van der Waals surface area contributed by atoms with Crippen molar-refractivity contribution in [1.29, 1.82) is 5.26 Å². The van der Waals surface area contributed by atoms with Gasteiger partial charge in [-0.1, -0.05) is 12.1 Å². The average molecular weight is 467 g/mol. The number of rotatable bonds is 7. The van der Waals surface area contributed by atoms with Crippen molar-refractivity contribution in [3.05, 3.63) is 77.7 Å². The highest BCUT2D eigenvalue weighted by molar-refractivity contribution is 5.79. The predicted molar refractivity (Wildman–Crippen MR) is 138 cm³/mol. The first kappa shape index (κ1) is 22.8. The van der Waals surface area contributed by atoms with Crippen LogP contribution >= 0.6 is 0 Å². The van der Waals surface area contributed by atoms with Gasteiger partial charge in [0.2, 0.25) is 0 Å². The molecule has 0 aliphatic carbocycles. The monoisotopic (exact) mass is 466 g/mol. The molecule has 2 N–H and O–H groups in total. The normalized spacial score (nSPS) is 15.4. The maximum atomic E-state index is 9.74. The second-order valence-corrected chi connectivity index (χ2v) is 8.74. The molecule has 0 amide bonds. The summed E-state index contributed by atoms with van der Waals surface area (Å²) in [5.74, 6) is 0.790. The quantitative estimate of drug-likeness (QED) is 0.553. The number of piperazine rings is 1. The molecular formula is C27H30N8. The Kier molecular flexibility index (Phi) is 6.87. The number of aryl methyl sites for hydroxylation is 3. The number of benzene rings is 1. The van der Waals surface area contributed by atoms with Crippen LogP contribution in [0.3, 0.4) is 0 Å². The first-order chi connectivity index (χ1) is 17.2. The van der Waals surface area contributed by atoms with Gasteiger partial charge in [-0.2, -0.15) is 10.4 Å². The molecule has 0 bridgehead atoms. The fourth-order valence-electron chi connectivity index (χ4n) is 4.57. The van der Waals surface area contributed by atoms with Crippen LogP contribution in [0.2, 0.25) is 0 Å². The summed E-state index contributed by atoms with van der Waals surface area (Å²) in [7, 11) is 0. The molecule has 2 aliphatic heterocycles. The van der Waals surface area contributed by atoms with Gasteiger partial charge in [0.15, 0.2) is 0 Å². The van der Waals surface area contributed by atoms with Crippen molar-refractivity contribution in [2.75, 3.05) is 37.6 Å². The Labute approximate surface area is 206 Å². The Bertz CT molecular complexity index is 1290. The molecule has 0 spiro atoms. The van der Waals surface area contributed by atoms with Gasteiger partial charge in [0.1, 0.15) is 11.9 Å². The Morgan fingerprint density at radius 2 is 2.03 bits per heavy atom. The standard InChI is InChI=1S/C27H30N8/c1-2-35-19-23(27(33-35)21-4-3-10-30-18-21)24-9-11-31-26(32-24)8-6-20-5-7-25(22(16-20)17-28)34-14-12-29-13-15-34/h3-5,7,9-11,16,19,29-30H,2,6,8,12-15,18H2,1H3. The highest BCUT2D eigenvalue weighted by Gasteiger charge is 2.18. The number of nitriles is 1. The average Bonchev–Trinajstić information content (AvgIpc) is 3.38. The number of nitrogens with one attached hydrogen (secondary N) is 2. The molecule has 0 atom stereocenters. The summed E-state index contributed by atoms with van der Waals surface area (Å²) in [6.45, 7) is 7.37. The minimum Gasteiger partial charge on any atom is -0.387 e. The molecule has 8 nitrogen and oxygen atoms in total. The van der Waals surface area contributed by atoms with E-state index >= 15 is 0 Å². The molecule has 178 valence electrons. The molecule has 2 aromatic heterocycles. The topological polar surface area (TPSA) is 94.7 Å². The van der Waals surface area contributed by atoms with Gasteiger partial charge in [0.05, 0.1) is 22.6 Å². The highest BCUT2D eigenvalue weighted by atomic mass is 15.3. The van der Waals surface area contributed by atoms with Crippen molar-refractivity contribution in [3.63, 3.8) is 0 Å². The second-order valence-electron chi connectivity index (χ2n) is 8.74. The third kappa shape index (κ3) is 5.10. The van der Waals surface area contributed by atoms with Crippen LogP contribution in [-0.2, 0) is 19.4 Å². The number of anilines is 1. The summed E-state index contributed by atoms with van der Waals surface area (Å²) >= 11 is 0. The summed E-state index contributed by atoms with van der Waals surface area (Å²) in [6, 6.07) is 10.6. The maximum absolute atomic E-state index is 9.74. The minimum atomic E-state index is 0.704. The molecule has 1 saturated heterocycles. The van der Waals surface area contributed by atoms with Gasteiger partial charge in [0, 0.05) is 63.6 Å². The molecule has 8 heteroatoms. The van der Waals surface area contributed by atoms with Gasteiger partial charge >= 0.3 is 0 Å². The van der Waals surface area contributed by atoms with E-state index < -0.39 is 0 Å². The van der Waals surface area contributed by atoms with Crippen molar-refractivity contribution < 1.29 is 0 Å². The van der Waals surface area contributed by atoms with Crippen LogP contribution in [-0.4, -0.2) is 52.5 Å². The van der Waals surface area contributed by atoms with E-state index in [0.717, 1.165) is 90.9 Å². The number of hydrogen-bond acceptors (Lipinski definition) is 7. The second kappa shape index (κ2) is 10.5. The molecule has 35 heavy (non-hydrogen) atoms. The lowest BCUT2D eigenvalue weighted by Crippen LogP contribution is -2.43. The van der Waals surface area contributed by atoms with Crippen molar-refractivity contribution in [1.82, 2.24) is 30.4 Å². The Balaban J connectivity index is 1.35. The fraction of sp³-hybridized carbons (Fsp3) is 0.333. The lowest BCUT2D eigenvalue weighted by molar-refractivity contribution is 0.589. The predicted octanol–water partition coefficient (Wildman–Crippen LogP) is 2.93. The van der Waals surface area contributed by atoms with Crippen molar-refractivity contribution >= 4 is 11.3 Å². The van der Waals surface area contributed by atoms with Gasteiger partial charge in [-0.25, -0.2) is 9.97 Å². The lowest BCUT2D eigenvalue weighted by Gasteiger charge is -2.30. The van der Waals surface area contributed by atoms with Crippen LogP contribution in [0.25, 0.3) is 16.8 Å². The fourth-order valence-corrected chi connectivity index (χ4v) is 4.57. The molecule has 4 heterocycles. The molecule has 2 aliphatic rings. The van der Waals surface area contributed by atoms with Crippen molar-refractivity contribution in [2.24, 2.45) is 0 Å². The van der Waals surface area contributed by atoms with Gasteiger partial charge in [0.25, 0.3) is 0 Å². The highest BCUT2D eigenvalue weighted by Crippen LogP contribution is 2.28. The zero-order chi connectivity index (χ0) is 24.0. The Morgan fingerprint density at radius 1 is 1.14 bits per heavy atom. The number of nitrogens with zero attached hydrogens (tertiary/aromatic N) is 6. The SMILES string of the molecule is CCn1cc(-c2ccnc(CCc3ccc(N4CCNCC4)c(C#N)c3)n2)c(C2=CC=CNC2)n1. The van der Waals surface area contributed by atoms with E-state index in [2.05, 4.69) is 57.9 Å². The summed E-state index contributed by atoms with van der Waals surface area (Å²) in [6.07, 6.45) is 11.4. The minimum absolute atomic E-state index is 0.704. The van der Waals surface area contributed by atoms with E-state index in [0.29, 0.717) is 6.42 Å². The van der Waals surface area contributed by atoms with Crippen LogP contribution in [0, 0.1) is 11.3 Å². The van der Waals surface area contributed by atoms with Gasteiger partial charge in [-0.05, 0) is 55.0 Å². The van der Waals surface area contributed by atoms with E-state index in [-0.39, 0.29) is 0 Å².